The zero-order valence-corrected chi connectivity index (χ0v) is 14.6. The van der Waals surface area contributed by atoms with Gasteiger partial charge in [0, 0.05) is 4.47 Å². The first-order chi connectivity index (χ1) is 11.0. The molecular formula is C16H17BrN2O4. The van der Waals surface area contributed by atoms with Crippen LogP contribution in [-0.2, 0) is 4.79 Å². The minimum Gasteiger partial charge on any atom is -0.493 e. The Labute approximate surface area is 142 Å². The van der Waals surface area contributed by atoms with Crippen LogP contribution in [0.1, 0.15) is 18.4 Å². The average molecular weight is 381 g/mol. The number of carbonyl (C=O) groups excluding carboxylic acids is 1. The van der Waals surface area contributed by atoms with Crippen LogP contribution in [0.3, 0.4) is 0 Å². The fraction of sp³-hybridized carbons (Fsp3) is 0.250. The monoisotopic (exact) mass is 380 g/mol. The van der Waals surface area contributed by atoms with E-state index in [1.54, 1.807) is 31.2 Å². The van der Waals surface area contributed by atoms with Crippen molar-refractivity contribution in [2.45, 2.75) is 13.8 Å². The Kier molecular flexibility index (Phi) is 5.81. The van der Waals surface area contributed by atoms with Crippen molar-refractivity contribution in [2.75, 3.05) is 13.7 Å². The third kappa shape index (κ3) is 4.85. The largest absolute Gasteiger partial charge is 0.493 e. The smallest absolute Gasteiger partial charge is 0.277 e. The molecule has 1 N–H and O–H groups in total. The molecule has 2 aromatic rings. The predicted molar refractivity (Wildman–Crippen MR) is 90.0 cm³/mol. The first-order valence-corrected chi connectivity index (χ1v) is 7.65. The van der Waals surface area contributed by atoms with Crippen molar-refractivity contribution >= 4 is 27.5 Å². The number of hydrogen-bond acceptors (Lipinski definition) is 5. The maximum atomic E-state index is 11.8. The number of amides is 1. The molecule has 0 atom stereocenters. The van der Waals surface area contributed by atoms with Crippen molar-refractivity contribution in [3.05, 3.63) is 46.3 Å². The van der Waals surface area contributed by atoms with E-state index in [-0.39, 0.29) is 12.5 Å². The van der Waals surface area contributed by atoms with Gasteiger partial charge in [-0.05, 0) is 44.2 Å². The number of hydrogen-bond donors (Lipinski definition) is 1. The Morgan fingerprint density at radius 1 is 1.30 bits per heavy atom. The molecule has 0 saturated heterocycles. The van der Waals surface area contributed by atoms with Gasteiger partial charge in [-0.2, -0.15) is 5.10 Å². The Balaban J connectivity index is 1.90. The molecule has 6 nitrogen and oxygen atoms in total. The fourth-order valence-corrected chi connectivity index (χ4v) is 2.11. The molecule has 0 fully saturated rings. The summed E-state index contributed by atoms with van der Waals surface area (Å²) in [6.07, 6.45) is 0. The fourth-order valence-electron chi connectivity index (χ4n) is 1.77. The van der Waals surface area contributed by atoms with E-state index in [2.05, 4.69) is 26.5 Å². The van der Waals surface area contributed by atoms with Gasteiger partial charge in [-0.25, -0.2) is 5.43 Å². The number of hydrazone groups is 1. The van der Waals surface area contributed by atoms with Gasteiger partial charge in [0.05, 0.1) is 7.11 Å². The first-order valence-electron chi connectivity index (χ1n) is 6.86. The molecule has 1 amide bonds. The molecule has 1 aromatic carbocycles. The zero-order valence-electron chi connectivity index (χ0n) is 13.1. The maximum absolute atomic E-state index is 11.8. The highest BCUT2D eigenvalue weighted by Crippen LogP contribution is 2.29. The molecule has 2 rings (SSSR count). The van der Waals surface area contributed by atoms with Gasteiger partial charge in [0.15, 0.2) is 18.1 Å². The zero-order chi connectivity index (χ0) is 16.8. The number of benzene rings is 1. The standard InChI is InChI=1S/C16H17BrN2O4/c1-10-4-6-13(23-10)11(2)18-19-16(20)9-22-14-7-5-12(17)8-15(14)21-3/h4-8H,9H2,1-3H3,(H,19,20). The Bertz CT molecular complexity index is 725. The van der Waals surface area contributed by atoms with Gasteiger partial charge in [0.1, 0.15) is 17.2 Å². The number of carbonyl (C=O) groups is 1. The second kappa shape index (κ2) is 7.82. The molecule has 7 heteroatoms. The highest BCUT2D eigenvalue weighted by Gasteiger charge is 2.08. The average Bonchev–Trinajstić information content (AvgIpc) is 2.97. The molecular weight excluding hydrogens is 364 g/mol. The quantitative estimate of drug-likeness (QED) is 0.616. The second-order valence-corrected chi connectivity index (χ2v) is 5.64. The topological polar surface area (TPSA) is 73.1 Å². The summed E-state index contributed by atoms with van der Waals surface area (Å²) in [4.78, 5) is 11.8. The SMILES string of the molecule is COc1cc(Br)ccc1OCC(=O)NN=C(C)c1ccc(C)o1. The lowest BCUT2D eigenvalue weighted by Crippen LogP contribution is -2.25. The summed E-state index contributed by atoms with van der Waals surface area (Å²) in [7, 11) is 1.54. The number of halogens is 1. The highest BCUT2D eigenvalue weighted by atomic mass is 79.9. The van der Waals surface area contributed by atoms with Gasteiger partial charge in [-0.3, -0.25) is 4.79 Å². The first kappa shape index (κ1) is 17.1. The predicted octanol–water partition coefficient (Wildman–Crippen LogP) is 3.28. The molecule has 0 aliphatic heterocycles. The second-order valence-electron chi connectivity index (χ2n) is 4.73. The van der Waals surface area contributed by atoms with Crippen LogP contribution in [0.25, 0.3) is 0 Å². The van der Waals surface area contributed by atoms with E-state index in [0.29, 0.717) is 23.0 Å². The molecule has 0 bridgehead atoms. The summed E-state index contributed by atoms with van der Waals surface area (Å²) >= 11 is 3.34. The third-order valence-corrected chi connectivity index (χ3v) is 3.42. The van der Waals surface area contributed by atoms with Crippen LogP contribution in [0, 0.1) is 6.92 Å². The Morgan fingerprint density at radius 3 is 2.74 bits per heavy atom. The van der Waals surface area contributed by atoms with E-state index >= 15 is 0 Å². The molecule has 0 unspecified atom stereocenters. The summed E-state index contributed by atoms with van der Waals surface area (Å²) < 4.78 is 16.9. The Hall–Kier alpha value is -2.28. The molecule has 1 aromatic heterocycles. The summed E-state index contributed by atoms with van der Waals surface area (Å²) in [6, 6.07) is 8.91. The number of methoxy groups -OCH3 is 1. The molecule has 23 heavy (non-hydrogen) atoms. The van der Waals surface area contributed by atoms with Crippen molar-refractivity contribution in [1.82, 2.24) is 5.43 Å². The van der Waals surface area contributed by atoms with Gasteiger partial charge in [0.25, 0.3) is 5.91 Å². The molecule has 0 aliphatic carbocycles. The van der Waals surface area contributed by atoms with E-state index in [1.165, 1.54) is 7.11 Å². The van der Waals surface area contributed by atoms with Crippen LogP contribution >= 0.6 is 15.9 Å². The van der Waals surface area contributed by atoms with Crippen LogP contribution < -0.4 is 14.9 Å². The number of ether oxygens (including phenoxy) is 2. The number of furan rings is 1. The van der Waals surface area contributed by atoms with Gasteiger partial charge in [-0.1, -0.05) is 15.9 Å². The van der Waals surface area contributed by atoms with Gasteiger partial charge >= 0.3 is 0 Å². The lowest BCUT2D eigenvalue weighted by atomic mass is 10.3. The summed E-state index contributed by atoms with van der Waals surface area (Å²) in [6.45, 7) is 3.41. The van der Waals surface area contributed by atoms with E-state index in [0.717, 1.165) is 10.2 Å². The van der Waals surface area contributed by atoms with Crippen LogP contribution in [0.5, 0.6) is 11.5 Å². The lowest BCUT2D eigenvalue weighted by molar-refractivity contribution is -0.123. The van der Waals surface area contributed by atoms with Crippen molar-refractivity contribution < 1.29 is 18.7 Å². The van der Waals surface area contributed by atoms with Gasteiger partial charge < -0.3 is 13.9 Å². The number of rotatable bonds is 6. The van der Waals surface area contributed by atoms with Crippen molar-refractivity contribution in [3.63, 3.8) is 0 Å². The summed E-state index contributed by atoms with van der Waals surface area (Å²) in [5.74, 6) is 2.04. The maximum Gasteiger partial charge on any atom is 0.277 e. The van der Waals surface area contributed by atoms with Gasteiger partial charge in [-0.15, -0.1) is 0 Å². The molecule has 122 valence electrons. The normalized spacial score (nSPS) is 11.2. The van der Waals surface area contributed by atoms with Crippen LogP contribution in [-0.4, -0.2) is 25.3 Å². The summed E-state index contributed by atoms with van der Waals surface area (Å²) in [5.41, 5.74) is 3.00. The van der Waals surface area contributed by atoms with Crippen LogP contribution in [0.15, 0.2) is 44.3 Å². The molecule has 0 radical (unpaired) electrons. The molecule has 0 saturated carbocycles. The minimum atomic E-state index is -0.377. The van der Waals surface area contributed by atoms with Crippen molar-refractivity contribution in [2.24, 2.45) is 5.10 Å². The van der Waals surface area contributed by atoms with E-state index in [1.807, 2.05) is 13.0 Å². The van der Waals surface area contributed by atoms with Crippen LogP contribution in [0.4, 0.5) is 0 Å². The minimum absolute atomic E-state index is 0.175. The summed E-state index contributed by atoms with van der Waals surface area (Å²) in [5, 5.41) is 3.98. The van der Waals surface area contributed by atoms with E-state index in [4.69, 9.17) is 13.9 Å². The van der Waals surface area contributed by atoms with Gasteiger partial charge in [0.2, 0.25) is 0 Å². The Morgan fingerprint density at radius 2 is 2.09 bits per heavy atom. The number of nitrogens with zero attached hydrogens (tertiary/aromatic N) is 1. The molecule has 0 spiro atoms. The van der Waals surface area contributed by atoms with Crippen molar-refractivity contribution in [1.29, 1.82) is 0 Å². The lowest BCUT2D eigenvalue weighted by Gasteiger charge is -2.10. The van der Waals surface area contributed by atoms with Crippen molar-refractivity contribution in [3.8, 4) is 11.5 Å². The number of aryl methyl sites for hydroxylation is 1. The highest BCUT2D eigenvalue weighted by molar-refractivity contribution is 9.10. The molecule has 1 heterocycles. The van der Waals surface area contributed by atoms with E-state index in [9.17, 15) is 4.79 Å². The molecule has 0 aliphatic rings. The number of nitrogens with one attached hydrogen (secondary N) is 1. The van der Waals surface area contributed by atoms with E-state index < -0.39 is 0 Å². The van der Waals surface area contributed by atoms with Crippen LogP contribution in [0.2, 0.25) is 0 Å². The third-order valence-electron chi connectivity index (χ3n) is 2.93.